The first kappa shape index (κ1) is 11.2. The van der Waals surface area contributed by atoms with Crippen LogP contribution in [0.25, 0.3) is 0 Å². The van der Waals surface area contributed by atoms with Gasteiger partial charge in [-0.05, 0) is 30.3 Å². The first-order valence-corrected chi connectivity index (χ1v) is 6.35. The Bertz CT molecular complexity index is 639. The molecule has 0 bridgehead atoms. The highest BCUT2D eigenvalue weighted by atomic mass is 16.4. The number of anilines is 1. The Morgan fingerprint density at radius 2 is 1.55 bits per heavy atom. The van der Waals surface area contributed by atoms with Crippen LogP contribution >= 0.6 is 0 Å². The fraction of sp³-hybridized carbons (Fsp3) is 0.133. The lowest BCUT2D eigenvalue weighted by molar-refractivity contribution is 0.389. The zero-order chi connectivity index (χ0) is 13.4. The van der Waals surface area contributed by atoms with Crippen LogP contribution in [0.15, 0.2) is 73.4 Å². The van der Waals surface area contributed by atoms with Crippen molar-refractivity contribution in [2.24, 2.45) is 4.99 Å². The summed E-state index contributed by atoms with van der Waals surface area (Å²) in [6.07, 6.45) is 6.72. The second-order valence-corrected chi connectivity index (χ2v) is 4.54. The zero-order valence-electron chi connectivity index (χ0n) is 10.5. The molecule has 0 spiro atoms. The van der Waals surface area contributed by atoms with Gasteiger partial charge < -0.3 is 13.3 Å². The Hall–Kier alpha value is -2.69. The third-order valence-corrected chi connectivity index (χ3v) is 3.38. The minimum atomic E-state index is -0.152. The predicted molar refractivity (Wildman–Crippen MR) is 72.6 cm³/mol. The summed E-state index contributed by atoms with van der Waals surface area (Å²) in [5, 5.41) is 0. The molecule has 0 radical (unpaired) electrons. The van der Waals surface area contributed by atoms with Gasteiger partial charge in [0, 0.05) is 6.07 Å². The van der Waals surface area contributed by atoms with Crippen molar-refractivity contribution in [3.63, 3.8) is 0 Å². The summed E-state index contributed by atoms with van der Waals surface area (Å²) >= 11 is 0. The van der Waals surface area contributed by atoms with Crippen molar-refractivity contribution in [3.05, 3.63) is 66.7 Å². The molecule has 4 heterocycles. The van der Waals surface area contributed by atoms with Crippen molar-refractivity contribution in [2.45, 2.75) is 12.1 Å². The third-order valence-electron chi connectivity index (χ3n) is 3.38. The minimum absolute atomic E-state index is 0.109. The van der Waals surface area contributed by atoms with E-state index in [-0.39, 0.29) is 12.1 Å². The zero-order valence-corrected chi connectivity index (χ0v) is 10.5. The molecule has 20 heavy (non-hydrogen) atoms. The fourth-order valence-electron chi connectivity index (χ4n) is 2.50. The highest BCUT2D eigenvalue weighted by molar-refractivity contribution is 5.80. The molecule has 3 aromatic rings. The highest BCUT2D eigenvalue weighted by Crippen LogP contribution is 2.42. The molecule has 5 nitrogen and oxygen atoms in total. The van der Waals surface area contributed by atoms with E-state index in [0.29, 0.717) is 0 Å². The van der Waals surface area contributed by atoms with Crippen LogP contribution in [0.1, 0.15) is 23.6 Å². The van der Waals surface area contributed by atoms with Gasteiger partial charge in [0.15, 0.2) is 0 Å². The Morgan fingerprint density at radius 3 is 2.20 bits per heavy atom. The number of hydrogen-bond acceptors (Lipinski definition) is 5. The van der Waals surface area contributed by atoms with E-state index >= 15 is 0 Å². The van der Waals surface area contributed by atoms with Gasteiger partial charge in [0.1, 0.15) is 23.6 Å². The lowest BCUT2D eigenvalue weighted by atomic mass is 10.0. The smallest absolute Gasteiger partial charge is 0.201 e. The van der Waals surface area contributed by atoms with Gasteiger partial charge in [-0.1, -0.05) is 0 Å². The largest absolute Gasteiger partial charge is 0.467 e. The van der Waals surface area contributed by atoms with Gasteiger partial charge in [0.25, 0.3) is 0 Å². The molecule has 0 fully saturated rings. The molecule has 1 aliphatic heterocycles. The van der Waals surface area contributed by atoms with Crippen LogP contribution in [0.3, 0.4) is 0 Å². The summed E-state index contributed by atoms with van der Waals surface area (Å²) in [6, 6.07) is 11.1. The van der Waals surface area contributed by atoms with E-state index in [9.17, 15) is 0 Å². The minimum Gasteiger partial charge on any atom is -0.467 e. The first-order valence-electron chi connectivity index (χ1n) is 6.35. The number of aliphatic imine (C=N–C) groups is 1. The lowest BCUT2D eigenvalue weighted by Gasteiger charge is -2.23. The van der Waals surface area contributed by atoms with Crippen LogP contribution in [-0.4, -0.2) is 6.34 Å². The molecule has 0 amide bonds. The standard InChI is InChI=1S/C15H12N2O3/c1-4-11(18-7-1)14-15(12-5-2-8-19-12)17(10-16-14)13-6-3-9-20-13/h1-10,14-15H. The Kier molecular flexibility index (Phi) is 2.48. The van der Waals surface area contributed by atoms with Crippen LogP contribution in [0.2, 0.25) is 0 Å². The van der Waals surface area contributed by atoms with E-state index in [4.69, 9.17) is 13.3 Å². The molecule has 5 heteroatoms. The van der Waals surface area contributed by atoms with E-state index in [1.165, 1.54) is 0 Å². The predicted octanol–water partition coefficient (Wildman–Crippen LogP) is 3.80. The number of hydrogen-bond donors (Lipinski definition) is 0. The third kappa shape index (κ3) is 1.67. The molecular formula is C15H12N2O3. The van der Waals surface area contributed by atoms with Crippen molar-refractivity contribution in [1.82, 2.24) is 0 Å². The van der Waals surface area contributed by atoms with E-state index in [1.54, 1.807) is 25.1 Å². The Labute approximate surface area is 115 Å². The second-order valence-electron chi connectivity index (χ2n) is 4.54. The quantitative estimate of drug-likeness (QED) is 0.725. The lowest BCUT2D eigenvalue weighted by Crippen LogP contribution is -2.24. The van der Waals surface area contributed by atoms with Crippen LogP contribution in [-0.2, 0) is 0 Å². The van der Waals surface area contributed by atoms with Gasteiger partial charge in [-0.25, -0.2) is 0 Å². The van der Waals surface area contributed by atoms with Gasteiger partial charge >= 0.3 is 0 Å². The summed E-state index contributed by atoms with van der Waals surface area (Å²) in [5.41, 5.74) is 0. The molecule has 100 valence electrons. The summed E-state index contributed by atoms with van der Waals surface area (Å²) < 4.78 is 16.5. The van der Waals surface area contributed by atoms with Crippen molar-refractivity contribution in [2.75, 3.05) is 4.90 Å². The van der Waals surface area contributed by atoms with E-state index in [1.807, 2.05) is 41.3 Å². The maximum atomic E-state index is 5.57. The normalized spacial score (nSPS) is 21.7. The molecule has 0 aliphatic carbocycles. The number of rotatable bonds is 3. The van der Waals surface area contributed by atoms with Gasteiger partial charge in [-0.3, -0.25) is 9.89 Å². The topological polar surface area (TPSA) is 55.0 Å². The fourth-order valence-corrected chi connectivity index (χ4v) is 2.50. The van der Waals surface area contributed by atoms with Crippen LogP contribution in [0.4, 0.5) is 5.88 Å². The second kappa shape index (κ2) is 4.45. The monoisotopic (exact) mass is 268 g/mol. The van der Waals surface area contributed by atoms with E-state index in [0.717, 1.165) is 17.4 Å². The highest BCUT2D eigenvalue weighted by Gasteiger charge is 2.38. The van der Waals surface area contributed by atoms with Crippen LogP contribution in [0, 0.1) is 0 Å². The summed E-state index contributed by atoms with van der Waals surface area (Å²) in [6.45, 7) is 0. The average Bonchev–Trinajstić information content (AvgIpc) is 3.23. The molecule has 2 unspecified atom stereocenters. The maximum Gasteiger partial charge on any atom is 0.201 e. The average molecular weight is 268 g/mol. The first-order chi connectivity index (χ1) is 9.93. The SMILES string of the molecule is C1=NC(c2ccco2)C(c2ccco2)N1c1ccco1. The molecule has 0 aromatic carbocycles. The molecular weight excluding hydrogens is 256 g/mol. The Balaban J connectivity index is 1.77. The Morgan fingerprint density at radius 1 is 0.850 bits per heavy atom. The summed E-state index contributed by atoms with van der Waals surface area (Å²) in [4.78, 5) is 6.49. The van der Waals surface area contributed by atoms with Gasteiger partial charge in [-0.15, -0.1) is 0 Å². The van der Waals surface area contributed by atoms with Crippen molar-refractivity contribution < 1.29 is 13.3 Å². The summed E-state index contributed by atoms with van der Waals surface area (Å²) in [5.74, 6) is 2.35. The summed E-state index contributed by atoms with van der Waals surface area (Å²) in [7, 11) is 0. The molecule has 0 saturated heterocycles. The van der Waals surface area contributed by atoms with E-state index in [2.05, 4.69) is 4.99 Å². The van der Waals surface area contributed by atoms with Crippen molar-refractivity contribution in [3.8, 4) is 0 Å². The molecule has 4 rings (SSSR count). The molecule has 0 saturated carbocycles. The van der Waals surface area contributed by atoms with Gasteiger partial charge in [0.05, 0.1) is 25.1 Å². The number of nitrogens with zero attached hydrogens (tertiary/aromatic N) is 2. The van der Waals surface area contributed by atoms with Crippen LogP contribution < -0.4 is 4.90 Å². The number of furan rings is 3. The van der Waals surface area contributed by atoms with Gasteiger partial charge in [0.2, 0.25) is 5.88 Å². The van der Waals surface area contributed by atoms with E-state index < -0.39 is 0 Å². The van der Waals surface area contributed by atoms with Gasteiger partial charge in [-0.2, -0.15) is 0 Å². The van der Waals surface area contributed by atoms with Crippen molar-refractivity contribution in [1.29, 1.82) is 0 Å². The van der Waals surface area contributed by atoms with Crippen LogP contribution in [0.5, 0.6) is 0 Å². The molecule has 1 aliphatic rings. The maximum absolute atomic E-state index is 5.57. The van der Waals surface area contributed by atoms with Crippen molar-refractivity contribution >= 4 is 12.2 Å². The molecule has 2 atom stereocenters. The molecule has 3 aromatic heterocycles. The molecule has 0 N–H and O–H groups in total.